The van der Waals surface area contributed by atoms with Gasteiger partial charge in [0.1, 0.15) is 5.75 Å². The van der Waals surface area contributed by atoms with Gasteiger partial charge in [-0.25, -0.2) is 0 Å². The van der Waals surface area contributed by atoms with Crippen molar-refractivity contribution < 1.29 is 9.53 Å². The maximum absolute atomic E-state index is 11.2. The molecule has 0 bridgehead atoms. The lowest BCUT2D eigenvalue weighted by Gasteiger charge is -2.10. The van der Waals surface area contributed by atoms with Gasteiger partial charge in [-0.2, -0.15) is 0 Å². The number of hydrogen-bond acceptors (Lipinski definition) is 2. The number of ether oxygens (including phenoxy) is 1. The minimum Gasteiger partial charge on any atom is -0.493 e. The van der Waals surface area contributed by atoms with Crippen LogP contribution in [0.15, 0.2) is 36.4 Å². The molecule has 0 aromatic heterocycles. The van der Waals surface area contributed by atoms with E-state index in [-0.39, 0.29) is 0 Å². The number of hydrogen-bond donors (Lipinski definition) is 0. The lowest BCUT2D eigenvalue weighted by atomic mass is 10.0. The normalized spacial score (nSPS) is 11.1. The van der Waals surface area contributed by atoms with Crippen LogP contribution in [-0.2, 0) is 0 Å². The van der Waals surface area contributed by atoms with E-state index in [4.69, 9.17) is 4.74 Å². The maximum atomic E-state index is 11.2. The molecule has 0 unspecified atom stereocenters. The molecule has 0 saturated carbocycles. The van der Waals surface area contributed by atoms with Gasteiger partial charge in [0.05, 0.1) is 6.61 Å². The largest absolute Gasteiger partial charge is 0.493 e. The van der Waals surface area contributed by atoms with Crippen molar-refractivity contribution in [1.29, 1.82) is 0 Å². The van der Waals surface area contributed by atoms with Gasteiger partial charge < -0.3 is 4.74 Å². The standard InChI is InChI=1S/C27H40O2/c1-2-3-4-5-6-7-8-9-10-11-12-13-14-17-22-29-27-21-20-24(23-28)25-18-15-16-19-26(25)27/h15-16,18-21,23H,2-14,17,22H2,1H3. The summed E-state index contributed by atoms with van der Waals surface area (Å²) >= 11 is 0. The van der Waals surface area contributed by atoms with Gasteiger partial charge in [-0.3, -0.25) is 4.79 Å². The predicted molar refractivity (Wildman–Crippen MR) is 125 cm³/mol. The lowest BCUT2D eigenvalue weighted by Crippen LogP contribution is -1.98. The molecule has 2 aromatic rings. The van der Waals surface area contributed by atoms with Gasteiger partial charge in [-0.05, 0) is 23.9 Å². The highest BCUT2D eigenvalue weighted by Crippen LogP contribution is 2.28. The molecule has 0 spiro atoms. The molecule has 2 rings (SSSR count). The number of benzene rings is 2. The maximum Gasteiger partial charge on any atom is 0.150 e. The third-order valence-corrected chi connectivity index (χ3v) is 5.80. The number of carbonyl (C=O) groups excluding carboxylic acids is 1. The molecule has 0 aliphatic rings. The highest BCUT2D eigenvalue weighted by atomic mass is 16.5. The Kier molecular flexibility index (Phi) is 12.2. The van der Waals surface area contributed by atoms with Crippen molar-refractivity contribution in [3.63, 3.8) is 0 Å². The molecule has 0 N–H and O–H groups in total. The Labute approximate surface area is 178 Å². The first-order valence-electron chi connectivity index (χ1n) is 12.0. The fraction of sp³-hybridized carbons (Fsp3) is 0.593. The number of carbonyl (C=O) groups is 1. The summed E-state index contributed by atoms with van der Waals surface area (Å²) < 4.78 is 6.01. The van der Waals surface area contributed by atoms with Gasteiger partial charge >= 0.3 is 0 Å². The second kappa shape index (κ2) is 15.1. The Morgan fingerprint density at radius 2 is 1.17 bits per heavy atom. The predicted octanol–water partition coefficient (Wildman–Crippen LogP) is 8.51. The van der Waals surface area contributed by atoms with Gasteiger partial charge in [0.2, 0.25) is 0 Å². The molecule has 0 fully saturated rings. The van der Waals surface area contributed by atoms with E-state index in [1.165, 1.54) is 83.5 Å². The van der Waals surface area contributed by atoms with Crippen LogP contribution in [0.5, 0.6) is 5.75 Å². The van der Waals surface area contributed by atoms with Crippen LogP contribution in [0.3, 0.4) is 0 Å². The number of aldehydes is 1. The van der Waals surface area contributed by atoms with Crippen molar-refractivity contribution in [2.75, 3.05) is 6.61 Å². The van der Waals surface area contributed by atoms with Crippen LogP contribution in [-0.4, -0.2) is 12.9 Å². The first kappa shape index (κ1) is 23.4. The van der Waals surface area contributed by atoms with E-state index >= 15 is 0 Å². The van der Waals surface area contributed by atoms with Crippen molar-refractivity contribution >= 4 is 17.1 Å². The summed E-state index contributed by atoms with van der Waals surface area (Å²) in [6.45, 7) is 3.03. The molecular formula is C27H40O2. The van der Waals surface area contributed by atoms with Crippen molar-refractivity contribution in [2.45, 2.75) is 96.8 Å². The highest BCUT2D eigenvalue weighted by molar-refractivity contribution is 6.00. The van der Waals surface area contributed by atoms with E-state index in [0.717, 1.165) is 41.4 Å². The lowest BCUT2D eigenvalue weighted by molar-refractivity contribution is 0.112. The zero-order valence-electron chi connectivity index (χ0n) is 18.5. The van der Waals surface area contributed by atoms with E-state index in [0.29, 0.717) is 0 Å². The molecular weight excluding hydrogens is 356 g/mol. The molecule has 29 heavy (non-hydrogen) atoms. The first-order chi connectivity index (χ1) is 14.4. The zero-order chi connectivity index (χ0) is 20.6. The minimum atomic E-state index is 0.726. The summed E-state index contributed by atoms with van der Waals surface area (Å²) in [5.74, 6) is 0.890. The van der Waals surface area contributed by atoms with Crippen LogP contribution in [0.1, 0.15) is 107 Å². The fourth-order valence-electron chi connectivity index (χ4n) is 4.00. The van der Waals surface area contributed by atoms with E-state index in [1.807, 2.05) is 36.4 Å². The Morgan fingerprint density at radius 1 is 0.655 bits per heavy atom. The molecule has 2 heteroatoms. The molecule has 160 valence electrons. The highest BCUT2D eigenvalue weighted by Gasteiger charge is 2.06. The minimum absolute atomic E-state index is 0.726. The fourth-order valence-corrected chi connectivity index (χ4v) is 4.00. The molecule has 2 nitrogen and oxygen atoms in total. The summed E-state index contributed by atoms with van der Waals surface area (Å²) in [5, 5.41) is 2.00. The van der Waals surface area contributed by atoms with Crippen LogP contribution < -0.4 is 4.74 Å². The van der Waals surface area contributed by atoms with Crippen LogP contribution in [0.2, 0.25) is 0 Å². The van der Waals surface area contributed by atoms with Crippen LogP contribution in [0.4, 0.5) is 0 Å². The second-order valence-corrected chi connectivity index (χ2v) is 8.26. The zero-order valence-corrected chi connectivity index (χ0v) is 18.5. The molecule has 0 aliphatic carbocycles. The number of rotatable bonds is 17. The average Bonchev–Trinajstić information content (AvgIpc) is 2.76. The monoisotopic (exact) mass is 396 g/mol. The third-order valence-electron chi connectivity index (χ3n) is 5.80. The van der Waals surface area contributed by atoms with Crippen molar-refractivity contribution in [3.8, 4) is 5.75 Å². The number of unbranched alkanes of at least 4 members (excludes halogenated alkanes) is 13. The Hall–Kier alpha value is -1.83. The topological polar surface area (TPSA) is 26.3 Å². The third kappa shape index (κ3) is 9.02. The van der Waals surface area contributed by atoms with Gasteiger partial charge in [-0.15, -0.1) is 0 Å². The first-order valence-corrected chi connectivity index (χ1v) is 12.0. The van der Waals surface area contributed by atoms with Crippen molar-refractivity contribution in [3.05, 3.63) is 42.0 Å². The summed E-state index contributed by atoms with van der Waals surface area (Å²) in [6, 6.07) is 11.8. The molecule has 0 amide bonds. The van der Waals surface area contributed by atoms with E-state index in [1.54, 1.807) is 0 Å². The Balaban J connectivity index is 1.48. The van der Waals surface area contributed by atoms with Crippen LogP contribution >= 0.6 is 0 Å². The van der Waals surface area contributed by atoms with E-state index in [9.17, 15) is 4.79 Å². The number of fused-ring (bicyclic) bond motifs is 1. The summed E-state index contributed by atoms with van der Waals surface area (Å²) in [4.78, 5) is 11.2. The van der Waals surface area contributed by atoms with Crippen molar-refractivity contribution in [2.24, 2.45) is 0 Å². The molecule has 0 radical (unpaired) electrons. The van der Waals surface area contributed by atoms with E-state index < -0.39 is 0 Å². The van der Waals surface area contributed by atoms with E-state index in [2.05, 4.69) is 6.92 Å². The average molecular weight is 397 g/mol. The van der Waals surface area contributed by atoms with Gasteiger partial charge in [0.15, 0.2) is 6.29 Å². The van der Waals surface area contributed by atoms with Gasteiger partial charge in [0, 0.05) is 10.9 Å². The SMILES string of the molecule is CCCCCCCCCCCCCCCCOc1ccc(C=O)c2ccccc12. The quantitative estimate of drug-likeness (QED) is 0.198. The Bertz CT molecular complexity index is 692. The second-order valence-electron chi connectivity index (χ2n) is 8.26. The summed E-state index contributed by atoms with van der Waals surface area (Å²) in [6.07, 6.45) is 20.0. The van der Waals surface area contributed by atoms with Crippen molar-refractivity contribution in [1.82, 2.24) is 0 Å². The molecule has 2 aromatic carbocycles. The summed E-state index contributed by atoms with van der Waals surface area (Å²) in [7, 11) is 0. The molecule has 0 aliphatic heterocycles. The summed E-state index contributed by atoms with van der Waals surface area (Å²) in [5.41, 5.74) is 0.726. The molecule has 0 atom stereocenters. The molecule has 0 saturated heterocycles. The Morgan fingerprint density at radius 3 is 1.72 bits per heavy atom. The van der Waals surface area contributed by atoms with Gasteiger partial charge in [-0.1, -0.05) is 115 Å². The van der Waals surface area contributed by atoms with Gasteiger partial charge in [0.25, 0.3) is 0 Å². The van der Waals surface area contributed by atoms with Crippen LogP contribution in [0.25, 0.3) is 10.8 Å². The van der Waals surface area contributed by atoms with Crippen LogP contribution in [0, 0.1) is 0 Å². The smallest absolute Gasteiger partial charge is 0.150 e. The molecule has 0 heterocycles.